The summed E-state index contributed by atoms with van der Waals surface area (Å²) in [5, 5.41) is 13.0. The first kappa shape index (κ1) is 17.8. The summed E-state index contributed by atoms with van der Waals surface area (Å²) in [6.07, 6.45) is -0.886. The average Bonchev–Trinajstić information content (AvgIpc) is 2.52. The normalized spacial score (nSPS) is 13.6. The summed E-state index contributed by atoms with van der Waals surface area (Å²) >= 11 is 3.00. The van der Waals surface area contributed by atoms with Gasteiger partial charge in [0.2, 0.25) is 0 Å². The molecule has 0 saturated carbocycles. The van der Waals surface area contributed by atoms with Crippen LogP contribution in [0.2, 0.25) is 0 Å². The Labute approximate surface area is 142 Å². The van der Waals surface area contributed by atoms with Gasteiger partial charge in [0, 0.05) is 17.1 Å². The first-order valence-electron chi connectivity index (χ1n) is 7.21. The van der Waals surface area contributed by atoms with E-state index in [9.17, 15) is 13.9 Å². The topological polar surface area (TPSA) is 41.5 Å². The fraction of sp³-hybridized carbons (Fsp3) is 0.294. The number of rotatable bonds is 7. The average molecular weight is 386 g/mol. The van der Waals surface area contributed by atoms with Gasteiger partial charge < -0.3 is 15.2 Å². The highest BCUT2D eigenvalue weighted by Crippen LogP contribution is 2.25. The van der Waals surface area contributed by atoms with Crippen LogP contribution in [0.4, 0.5) is 8.78 Å². The van der Waals surface area contributed by atoms with Crippen LogP contribution in [0.15, 0.2) is 46.9 Å². The van der Waals surface area contributed by atoms with Gasteiger partial charge in [0.15, 0.2) is 17.4 Å². The first-order chi connectivity index (χ1) is 11.0. The van der Waals surface area contributed by atoms with Gasteiger partial charge in [-0.05, 0) is 24.6 Å². The molecular formula is C17H18BrF2NO2. The largest absolute Gasteiger partial charge is 0.485 e. The van der Waals surface area contributed by atoms with E-state index in [1.54, 1.807) is 0 Å². The van der Waals surface area contributed by atoms with Gasteiger partial charge >= 0.3 is 0 Å². The van der Waals surface area contributed by atoms with Gasteiger partial charge in [-0.25, -0.2) is 8.78 Å². The van der Waals surface area contributed by atoms with Crippen LogP contribution >= 0.6 is 15.9 Å². The van der Waals surface area contributed by atoms with Crippen molar-refractivity contribution in [2.45, 2.75) is 19.1 Å². The van der Waals surface area contributed by atoms with E-state index in [4.69, 9.17) is 4.74 Å². The summed E-state index contributed by atoms with van der Waals surface area (Å²) in [5.74, 6) is -2.10. The molecule has 0 heterocycles. The Kier molecular flexibility index (Phi) is 6.50. The lowest BCUT2D eigenvalue weighted by molar-refractivity contribution is 0.0993. The maximum Gasteiger partial charge on any atom is 0.190 e. The zero-order chi connectivity index (χ0) is 16.8. The molecule has 0 saturated heterocycles. The maximum absolute atomic E-state index is 13.6. The highest BCUT2D eigenvalue weighted by atomic mass is 79.9. The summed E-state index contributed by atoms with van der Waals surface area (Å²) in [7, 11) is 0. The SMILES string of the molecule is C[C@H](NC[C@@H](O)COc1c(F)cc(Br)cc1F)c1ccccc1. The molecule has 2 aromatic rings. The fourth-order valence-corrected chi connectivity index (χ4v) is 2.48. The van der Waals surface area contributed by atoms with E-state index in [0.29, 0.717) is 4.47 Å². The van der Waals surface area contributed by atoms with Crippen molar-refractivity contribution in [2.24, 2.45) is 0 Å². The zero-order valence-electron chi connectivity index (χ0n) is 12.6. The van der Waals surface area contributed by atoms with Crippen molar-refractivity contribution < 1.29 is 18.6 Å². The van der Waals surface area contributed by atoms with Crippen molar-refractivity contribution in [1.82, 2.24) is 5.32 Å². The smallest absolute Gasteiger partial charge is 0.190 e. The molecule has 0 aliphatic carbocycles. The van der Waals surface area contributed by atoms with E-state index in [-0.39, 0.29) is 19.2 Å². The minimum Gasteiger partial charge on any atom is -0.485 e. The standard InChI is InChI=1S/C17H18BrF2NO2/c1-11(12-5-3-2-4-6-12)21-9-14(22)10-23-17-15(19)7-13(18)8-16(17)20/h2-8,11,14,21-22H,9-10H2,1H3/t11-,14+/m0/s1. The Morgan fingerprint density at radius 1 is 1.17 bits per heavy atom. The van der Waals surface area contributed by atoms with E-state index >= 15 is 0 Å². The van der Waals surface area contributed by atoms with Crippen LogP contribution < -0.4 is 10.1 Å². The molecule has 2 N–H and O–H groups in total. The number of hydrogen-bond donors (Lipinski definition) is 2. The van der Waals surface area contributed by atoms with E-state index in [0.717, 1.165) is 17.7 Å². The summed E-state index contributed by atoms with van der Waals surface area (Å²) in [5.41, 5.74) is 1.09. The number of ether oxygens (including phenoxy) is 1. The number of nitrogens with one attached hydrogen (secondary N) is 1. The molecule has 0 aliphatic rings. The third kappa shape index (κ3) is 5.27. The molecular weight excluding hydrogens is 368 g/mol. The van der Waals surface area contributed by atoms with Gasteiger partial charge in [0.25, 0.3) is 0 Å². The Morgan fingerprint density at radius 3 is 2.39 bits per heavy atom. The van der Waals surface area contributed by atoms with E-state index in [1.807, 2.05) is 37.3 Å². The molecule has 2 atom stereocenters. The fourth-order valence-electron chi connectivity index (χ4n) is 2.08. The molecule has 0 fully saturated rings. The van der Waals surface area contributed by atoms with E-state index in [2.05, 4.69) is 21.2 Å². The van der Waals surface area contributed by atoms with Crippen molar-refractivity contribution in [3.05, 3.63) is 64.1 Å². The minimum atomic E-state index is -0.886. The Hall–Kier alpha value is -1.50. The molecule has 3 nitrogen and oxygen atoms in total. The molecule has 0 spiro atoms. The lowest BCUT2D eigenvalue weighted by Gasteiger charge is -2.18. The highest BCUT2D eigenvalue weighted by Gasteiger charge is 2.15. The number of benzene rings is 2. The quantitative estimate of drug-likeness (QED) is 0.761. The number of hydrogen-bond acceptors (Lipinski definition) is 3. The van der Waals surface area contributed by atoms with Gasteiger partial charge in [-0.2, -0.15) is 0 Å². The van der Waals surface area contributed by atoms with Gasteiger partial charge in [-0.1, -0.05) is 46.3 Å². The third-order valence-corrected chi connectivity index (χ3v) is 3.80. The van der Waals surface area contributed by atoms with Gasteiger partial charge in [-0.15, -0.1) is 0 Å². The van der Waals surface area contributed by atoms with Crippen LogP contribution in [-0.4, -0.2) is 24.4 Å². The molecule has 0 radical (unpaired) electrons. The van der Waals surface area contributed by atoms with E-state index < -0.39 is 23.5 Å². The molecule has 0 amide bonds. The lowest BCUT2D eigenvalue weighted by atomic mass is 10.1. The van der Waals surface area contributed by atoms with Crippen LogP contribution in [0, 0.1) is 11.6 Å². The van der Waals surface area contributed by atoms with Crippen molar-refractivity contribution in [2.75, 3.05) is 13.2 Å². The molecule has 2 rings (SSSR count). The molecule has 0 aromatic heterocycles. The number of aliphatic hydroxyl groups excluding tert-OH is 1. The molecule has 124 valence electrons. The molecule has 0 unspecified atom stereocenters. The predicted molar refractivity (Wildman–Crippen MR) is 88.4 cm³/mol. The van der Waals surface area contributed by atoms with Crippen LogP contribution in [0.25, 0.3) is 0 Å². The highest BCUT2D eigenvalue weighted by molar-refractivity contribution is 9.10. The van der Waals surface area contributed by atoms with Gasteiger partial charge in [0.05, 0.1) is 0 Å². The Bertz CT molecular complexity index is 617. The van der Waals surface area contributed by atoms with Crippen LogP contribution in [-0.2, 0) is 0 Å². The van der Waals surface area contributed by atoms with Crippen molar-refractivity contribution >= 4 is 15.9 Å². The molecule has 6 heteroatoms. The van der Waals surface area contributed by atoms with Gasteiger partial charge in [-0.3, -0.25) is 0 Å². The van der Waals surface area contributed by atoms with Gasteiger partial charge in [0.1, 0.15) is 12.7 Å². The Morgan fingerprint density at radius 2 is 1.78 bits per heavy atom. The van der Waals surface area contributed by atoms with Crippen LogP contribution in [0.5, 0.6) is 5.75 Å². The third-order valence-electron chi connectivity index (χ3n) is 3.34. The second-order valence-corrected chi connectivity index (χ2v) is 6.12. The molecule has 23 heavy (non-hydrogen) atoms. The summed E-state index contributed by atoms with van der Waals surface area (Å²) in [6, 6.07) is 12.0. The van der Waals surface area contributed by atoms with Crippen molar-refractivity contribution in [3.8, 4) is 5.75 Å². The lowest BCUT2D eigenvalue weighted by Crippen LogP contribution is -2.33. The first-order valence-corrected chi connectivity index (χ1v) is 8.00. The van der Waals surface area contributed by atoms with E-state index in [1.165, 1.54) is 0 Å². The number of halogens is 3. The summed E-state index contributed by atoms with van der Waals surface area (Å²) in [6.45, 7) is 2.01. The summed E-state index contributed by atoms with van der Waals surface area (Å²) < 4.78 is 32.6. The van der Waals surface area contributed by atoms with Crippen molar-refractivity contribution in [1.29, 1.82) is 0 Å². The maximum atomic E-state index is 13.6. The Balaban J connectivity index is 1.83. The molecule has 0 aliphatic heterocycles. The second-order valence-electron chi connectivity index (χ2n) is 5.20. The molecule has 2 aromatic carbocycles. The summed E-state index contributed by atoms with van der Waals surface area (Å²) in [4.78, 5) is 0. The molecule has 0 bridgehead atoms. The van der Waals surface area contributed by atoms with Crippen LogP contribution in [0.1, 0.15) is 18.5 Å². The number of aliphatic hydroxyl groups is 1. The predicted octanol–water partition coefficient (Wildman–Crippen LogP) is 3.82. The van der Waals surface area contributed by atoms with Crippen molar-refractivity contribution in [3.63, 3.8) is 0 Å². The zero-order valence-corrected chi connectivity index (χ0v) is 14.2. The second kappa shape index (κ2) is 8.38. The van der Waals surface area contributed by atoms with Crippen LogP contribution in [0.3, 0.4) is 0 Å². The monoisotopic (exact) mass is 385 g/mol. The minimum absolute atomic E-state index is 0.0482.